The van der Waals surface area contributed by atoms with Crippen LogP contribution in [0.2, 0.25) is 5.02 Å². The Labute approximate surface area is 158 Å². The van der Waals surface area contributed by atoms with Gasteiger partial charge in [-0.2, -0.15) is 0 Å². The Hall–Kier alpha value is -3.39. The summed E-state index contributed by atoms with van der Waals surface area (Å²) in [6.07, 6.45) is 1.49. The van der Waals surface area contributed by atoms with E-state index in [1.54, 1.807) is 18.2 Å². The first kappa shape index (κ1) is 18.4. The van der Waals surface area contributed by atoms with Gasteiger partial charge in [0, 0.05) is 17.2 Å². The van der Waals surface area contributed by atoms with Crippen LogP contribution in [0.25, 0.3) is 6.08 Å². The molecule has 0 bridgehead atoms. The monoisotopic (exact) mass is 388 g/mol. The molecule has 0 saturated carbocycles. The second-order valence-electron chi connectivity index (χ2n) is 5.34. The predicted octanol–water partition coefficient (Wildman–Crippen LogP) is 3.61. The van der Waals surface area contributed by atoms with Gasteiger partial charge in [0.1, 0.15) is 5.02 Å². The highest BCUT2D eigenvalue weighted by atomic mass is 35.5. The predicted molar refractivity (Wildman–Crippen MR) is 98.3 cm³/mol. The maximum absolute atomic E-state index is 12.2. The maximum atomic E-state index is 12.2. The molecule has 138 valence electrons. The van der Waals surface area contributed by atoms with E-state index in [2.05, 4.69) is 4.99 Å². The van der Waals surface area contributed by atoms with Gasteiger partial charge in [0.25, 0.3) is 5.69 Å². The van der Waals surface area contributed by atoms with Gasteiger partial charge in [-0.25, -0.2) is 9.79 Å². The summed E-state index contributed by atoms with van der Waals surface area (Å²) in [4.78, 5) is 26.7. The summed E-state index contributed by atoms with van der Waals surface area (Å²) in [5.74, 6) is 0.196. The van der Waals surface area contributed by atoms with Gasteiger partial charge in [0.15, 0.2) is 17.2 Å². The number of carbonyl (C=O) groups is 1. The van der Waals surface area contributed by atoms with Gasteiger partial charge in [-0.05, 0) is 24.3 Å². The standard InChI is InChI=1S/C18H13ClN2O6/c1-25-15-5-3-4-10(16(15)26-2)8-13-18(22)27-17(20-13)11-6-7-12(19)14(9-11)21(23)24/h3-9H,1-2H3. The molecule has 0 amide bonds. The number of esters is 1. The molecule has 0 aliphatic carbocycles. The van der Waals surface area contributed by atoms with Crippen molar-refractivity contribution in [2.24, 2.45) is 4.99 Å². The summed E-state index contributed by atoms with van der Waals surface area (Å²) in [5, 5.41) is 11.0. The number of ether oxygens (including phenoxy) is 3. The number of para-hydroxylation sites is 1. The molecule has 0 spiro atoms. The lowest BCUT2D eigenvalue weighted by atomic mass is 10.1. The molecule has 0 fully saturated rings. The number of methoxy groups -OCH3 is 2. The number of nitro benzene ring substituents is 1. The summed E-state index contributed by atoms with van der Waals surface area (Å²) in [6, 6.07) is 9.21. The van der Waals surface area contributed by atoms with E-state index in [0.29, 0.717) is 17.1 Å². The first-order chi connectivity index (χ1) is 12.9. The number of cyclic esters (lactones) is 1. The van der Waals surface area contributed by atoms with Gasteiger partial charge in [-0.15, -0.1) is 0 Å². The van der Waals surface area contributed by atoms with Crippen molar-refractivity contribution in [2.45, 2.75) is 0 Å². The van der Waals surface area contributed by atoms with Crippen molar-refractivity contribution >= 4 is 35.2 Å². The molecule has 1 aliphatic heterocycles. The maximum Gasteiger partial charge on any atom is 0.363 e. The Morgan fingerprint density at radius 3 is 2.67 bits per heavy atom. The van der Waals surface area contributed by atoms with Gasteiger partial charge in [-0.1, -0.05) is 23.7 Å². The van der Waals surface area contributed by atoms with E-state index < -0.39 is 10.9 Å². The number of rotatable bonds is 5. The van der Waals surface area contributed by atoms with Crippen LogP contribution in [0.4, 0.5) is 5.69 Å². The molecule has 3 rings (SSSR count). The van der Waals surface area contributed by atoms with E-state index in [4.69, 9.17) is 25.8 Å². The first-order valence-corrected chi connectivity index (χ1v) is 8.00. The minimum Gasteiger partial charge on any atom is -0.493 e. The van der Waals surface area contributed by atoms with E-state index in [9.17, 15) is 14.9 Å². The Balaban J connectivity index is 2.02. The quantitative estimate of drug-likeness (QED) is 0.335. The minimum atomic E-state index is -0.688. The third-order valence-corrected chi connectivity index (χ3v) is 4.06. The number of benzene rings is 2. The van der Waals surface area contributed by atoms with Crippen LogP contribution in [0, 0.1) is 10.1 Å². The highest BCUT2D eigenvalue weighted by Crippen LogP contribution is 2.33. The molecule has 0 radical (unpaired) electrons. The number of aliphatic imine (C=N–C) groups is 1. The lowest BCUT2D eigenvalue weighted by molar-refractivity contribution is -0.384. The van der Waals surface area contributed by atoms with Crippen molar-refractivity contribution in [3.8, 4) is 11.5 Å². The molecule has 8 nitrogen and oxygen atoms in total. The molecule has 0 N–H and O–H groups in total. The normalized spacial score (nSPS) is 14.7. The fraction of sp³-hybridized carbons (Fsp3) is 0.111. The fourth-order valence-electron chi connectivity index (χ4n) is 2.49. The number of nitro groups is 1. The van der Waals surface area contributed by atoms with E-state index >= 15 is 0 Å². The molecule has 27 heavy (non-hydrogen) atoms. The Morgan fingerprint density at radius 1 is 1.22 bits per heavy atom. The Morgan fingerprint density at radius 2 is 2.00 bits per heavy atom. The van der Waals surface area contributed by atoms with Gasteiger partial charge >= 0.3 is 5.97 Å². The molecular formula is C18H13ClN2O6. The first-order valence-electron chi connectivity index (χ1n) is 7.62. The average Bonchev–Trinajstić information content (AvgIpc) is 3.02. The largest absolute Gasteiger partial charge is 0.493 e. The van der Waals surface area contributed by atoms with Crippen LogP contribution in [0.5, 0.6) is 11.5 Å². The molecule has 2 aromatic rings. The van der Waals surface area contributed by atoms with Crippen LogP contribution >= 0.6 is 11.6 Å². The summed E-state index contributed by atoms with van der Waals surface area (Å²) >= 11 is 5.80. The van der Waals surface area contributed by atoms with Crippen molar-refractivity contribution in [3.63, 3.8) is 0 Å². The highest BCUT2D eigenvalue weighted by molar-refractivity contribution is 6.32. The molecular weight excluding hydrogens is 376 g/mol. The third kappa shape index (κ3) is 3.61. The van der Waals surface area contributed by atoms with Crippen molar-refractivity contribution in [1.82, 2.24) is 0 Å². The molecule has 0 unspecified atom stereocenters. The molecule has 0 aromatic heterocycles. The second-order valence-corrected chi connectivity index (χ2v) is 5.75. The van der Waals surface area contributed by atoms with Crippen molar-refractivity contribution in [1.29, 1.82) is 0 Å². The molecule has 0 atom stereocenters. The lowest BCUT2D eigenvalue weighted by Gasteiger charge is -2.09. The van der Waals surface area contributed by atoms with Gasteiger partial charge in [-0.3, -0.25) is 10.1 Å². The smallest absolute Gasteiger partial charge is 0.363 e. The zero-order valence-corrected chi connectivity index (χ0v) is 15.0. The number of hydrogen-bond acceptors (Lipinski definition) is 7. The number of nitrogens with zero attached hydrogens (tertiary/aromatic N) is 2. The highest BCUT2D eigenvalue weighted by Gasteiger charge is 2.26. The summed E-state index contributed by atoms with van der Waals surface area (Å²) in [7, 11) is 2.98. The summed E-state index contributed by atoms with van der Waals surface area (Å²) in [6.45, 7) is 0. The molecule has 0 saturated heterocycles. The topological polar surface area (TPSA) is 100 Å². The number of hydrogen-bond donors (Lipinski definition) is 0. The van der Waals surface area contributed by atoms with Gasteiger partial charge in [0.2, 0.25) is 5.90 Å². The molecule has 9 heteroatoms. The third-order valence-electron chi connectivity index (χ3n) is 3.74. The second kappa shape index (κ2) is 7.46. The van der Waals surface area contributed by atoms with E-state index in [-0.39, 0.29) is 27.9 Å². The minimum absolute atomic E-state index is 0.0224. The van der Waals surface area contributed by atoms with Gasteiger partial charge < -0.3 is 14.2 Å². The molecule has 2 aromatic carbocycles. The van der Waals surface area contributed by atoms with Crippen molar-refractivity contribution in [3.05, 3.63) is 68.4 Å². The zero-order chi connectivity index (χ0) is 19.6. The molecule has 1 heterocycles. The molecule has 1 aliphatic rings. The van der Waals surface area contributed by atoms with Crippen LogP contribution in [-0.2, 0) is 9.53 Å². The van der Waals surface area contributed by atoms with E-state index in [0.717, 1.165) is 0 Å². The fourth-order valence-corrected chi connectivity index (χ4v) is 2.68. The van der Waals surface area contributed by atoms with E-state index in [1.165, 1.54) is 38.5 Å². The SMILES string of the molecule is COc1cccc(C=C2N=C(c3ccc(Cl)c([N+](=O)[O-])c3)OC2=O)c1OC. The average molecular weight is 389 g/mol. The van der Waals surface area contributed by atoms with Crippen LogP contribution in [-0.4, -0.2) is 31.0 Å². The van der Waals surface area contributed by atoms with Crippen LogP contribution in [0.15, 0.2) is 47.1 Å². The van der Waals surface area contributed by atoms with Crippen LogP contribution in [0.3, 0.4) is 0 Å². The van der Waals surface area contributed by atoms with Crippen LogP contribution < -0.4 is 9.47 Å². The summed E-state index contributed by atoms with van der Waals surface area (Å²) in [5.41, 5.74) is 0.547. The Kier molecular flexibility index (Phi) is 5.09. The van der Waals surface area contributed by atoms with E-state index in [1.807, 2.05) is 0 Å². The Bertz CT molecular complexity index is 999. The van der Waals surface area contributed by atoms with Crippen molar-refractivity contribution in [2.75, 3.05) is 14.2 Å². The summed E-state index contributed by atoms with van der Waals surface area (Å²) < 4.78 is 15.7. The zero-order valence-electron chi connectivity index (χ0n) is 14.3. The van der Waals surface area contributed by atoms with Gasteiger partial charge in [0.05, 0.1) is 19.1 Å². The number of halogens is 1. The lowest BCUT2D eigenvalue weighted by Crippen LogP contribution is -2.06. The number of carbonyl (C=O) groups excluding carboxylic acids is 1. The van der Waals surface area contributed by atoms with Crippen molar-refractivity contribution < 1.29 is 23.9 Å². The van der Waals surface area contributed by atoms with Crippen LogP contribution in [0.1, 0.15) is 11.1 Å².